The summed E-state index contributed by atoms with van der Waals surface area (Å²) in [7, 11) is 0. The summed E-state index contributed by atoms with van der Waals surface area (Å²) in [6, 6.07) is 6.91. The molecule has 0 aliphatic heterocycles. The first-order valence-electron chi connectivity index (χ1n) is 5.55. The van der Waals surface area contributed by atoms with Crippen LogP contribution in [0.15, 0.2) is 18.2 Å². The molecule has 0 amide bonds. The van der Waals surface area contributed by atoms with Gasteiger partial charge in [0.25, 0.3) is 0 Å². The van der Waals surface area contributed by atoms with Crippen molar-refractivity contribution in [3.8, 4) is 0 Å². The summed E-state index contributed by atoms with van der Waals surface area (Å²) in [5.74, 6) is 0. The predicted octanol–water partition coefficient (Wildman–Crippen LogP) is 4.25. The lowest BCUT2D eigenvalue weighted by molar-refractivity contribution is 0.589. The van der Waals surface area contributed by atoms with Crippen molar-refractivity contribution in [3.05, 3.63) is 34.9 Å². The average molecular weight is 190 g/mol. The summed E-state index contributed by atoms with van der Waals surface area (Å²) >= 11 is 0. The molecule has 0 atom stereocenters. The lowest BCUT2D eigenvalue weighted by atomic mass is 9.85. The maximum absolute atomic E-state index is 2.34. The van der Waals surface area contributed by atoms with Crippen LogP contribution in [0.25, 0.3) is 0 Å². The first-order valence-corrected chi connectivity index (χ1v) is 5.55. The Balaban J connectivity index is 3.01. The fourth-order valence-corrected chi connectivity index (χ4v) is 1.71. The zero-order chi connectivity index (χ0) is 10.8. The highest BCUT2D eigenvalue weighted by Crippen LogP contribution is 2.24. The summed E-state index contributed by atoms with van der Waals surface area (Å²) in [4.78, 5) is 0. The number of rotatable bonds is 2. The van der Waals surface area contributed by atoms with Gasteiger partial charge in [-0.2, -0.15) is 0 Å². The minimum absolute atomic E-state index is 0.273. The molecule has 1 aromatic carbocycles. The number of hydrogen-bond acceptors (Lipinski definition) is 0. The van der Waals surface area contributed by atoms with Gasteiger partial charge in [0.15, 0.2) is 0 Å². The van der Waals surface area contributed by atoms with Crippen LogP contribution in [0.2, 0.25) is 0 Å². The molecular weight excluding hydrogens is 168 g/mol. The SMILES string of the molecule is CCCc1ccc(C(C)(C)C)cc1C. The minimum atomic E-state index is 0.273. The molecule has 0 N–H and O–H groups in total. The van der Waals surface area contributed by atoms with E-state index < -0.39 is 0 Å². The van der Waals surface area contributed by atoms with Gasteiger partial charge in [0.2, 0.25) is 0 Å². The molecule has 0 heterocycles. The Hall–Kier alpha value is -0.780. The molecular formula is C14H22. The Morgan fingerprint density at radius 1 is 1.14 bits per heavy atom. The van der Waals surface area contributed by atoms with E-state index in [1.54, 1.807) is 0 Å². The molecule has 1 rings (SSSR count). The molecule has 0 aromatic heterocycles. The minimum Gasteiger partial charge on any atom is -0.0651 e. The van der Waals surface area contributed by atoms with Gasteiger partial charge in [-0.1, -0.05) is 52.3 Å². The van der Waals surface area contributed by atoms with E-state index >= 15 is 0 Å². The van der Waals surface area contributed by atoms with E-state index in [1.807, 2.05) is 0 Å². The van der Waals surface area contributed by atoms with Gasteiger partial charge in [-0.3, -0.25) is 0 Å². The smallest absolute Gasteiger partial charge is 0.0132 e. The number of aryl methyl sites for hydroxylation is 2. The van der Waals surface area contributed by atoms with Gasteiger partial charge < -0.3 is 0 Å². The van der Waals surface area contributed by atoms with E-state index in [1.165, 1.54) is 29.5 Å². The zero-order valence-electron chi connectivity index (χ0n) is 10.1. The van der Waals surface area contributed by atoms with Crippen LogP contribution in [0, 0.1) is 6.92 Å². The summed E-state index contributed by atoms with van der Waals surface area (Å²) in [5, 5.41) is 0. The van der Waals surface area contributed by atoms with Crippen molar-refractivity contribution < 1.29 is 0 Å². The van der Waals surface area contributed by atoms with Crippen LogP contribution in [0.4, 0.5) is 0 Å². The van der Waals surface area contributed by atoms with Crippen molar-refractivity contribution >= 4 is 0 Å². The summed E-state index contributed by atoms with van der Waals surface area (Å²) < 4.78 is 0. The fraction of sp³-hybridized carbons (Fsp3) is 0.571. The quantitative estimate of drug-likeness (QED) is 0.654. The van der Waals surface area contributed by atoms with Crippen molar-refractivity contribution in [1.82, 2.24) is 0 Å². The Kier molecular flexibility index (Phi) is 3.36. The molecule has 0 fully saturated rings. The molecule has 0 radical (unpaired) electrons. The highest BCUT2D eigenvalue weighted by molar-refractivity contribution is 5.34. The summed E-state index contributed by atoms with van der Waals surface area (Å²) in [6.07, 6.45) is 2.44. The van der Waals surface area contributed by atoms with E-state index in [0.717, 1.165) is 0 Å². The molecule has 0 spiro atoms. The van der Waals surface area contributed by atoms with Crippen LogP contribution in [-0.2, 0) is 11.8 Å². The van der Waals surface area contributed by atoms with Crippen molar-refractivity contribution in [2.24, 2.45) is 0 Å². The largest absolute Gasteiger partial charge is 0.0651 e. The standard InChI is InChI=1S/C14H22/c1-6-7-12-8-9-13(10-11(12)2)14(3,4)5/h8-10H,6-7H2,1-5H3. The van der Waals surface area contributed by atoms with Crippen LogP contribution in [0.3, 0.4) is 0 Å². The third-order valence-corrected chi connectivity index (χ3v) is 2.73. The molecule has 0 saturated carbocycles. The molecule has 0 aliphatic rings. The predicted molar refractivity (Wildman–Crippen MR) is 63.9 cm³/mol. The Morgan fingerprint density at radius 3 is 2.21 bits per heavy atom. The van der Waals surface area contributed by atoms with Gasteiger partial charge in [-0.15, -0.1) is 0 Å². The Morgan fingerprint density at radius 2 is 1.79 bits per heavy atom. The van der Waals surface area contributed by atoms with E-state index in [-0.39, 0.29) is 5.41 Å². The van der Waals surface area contributed by atoms with Crippen LogP contribution in [0.1, 0.15) is 50.8 Å². The maximum Gasteiger partial charge on any atom is -0.0132 e. The van der Waals surface area contributed by atoms with Crippen LogP contribution < -0.4 is 0 Å². The molecule has 78 valence electrons. The summed E-state index contributed by atoms with van der Waals surface area (Å²) in [5.41, 5.74) is 4.66. The van der Waals surface area contributed by atoms with Gasteiger partial charge in [0.1, 0.15) is 0 Å². The molecule has 1 aromatic rings. The van der Waals surface area contributed by atoms with Crippen LogP contribution in [-0.4, -0.2) is 0 Å². The molecule has 0 heteroatoms. The van der Waals surface area contributed by atoms with Gasteiger partial charge in [0, 0.05) is 0 Å². The second-order valence-corrected chi connectivity index (χ2v) is 5.14. The topological polar surface area (TPSA) is 0 Å². The van der Waals surface area contributed by atoms with Gasteiger partial charge in [0.05, 0.1) is 0 Å². The molecule has 0 saturated heterocycles. The van der Waals surface area contributed by atoms with E-state index in [9.17, 15) is 0 Å². The highest BCUT2D eigenvalue weighted by atomic mass is 14.2. The van der Waals surface area contributed by atoms with Gasteiger partial charge in [-0.05, 0) is 35.4 Å². The van der Waals surface area contributed by atoms with Gasteiger partial charge >= 0.3 is 0 Å². The van der Waals surface area contributed by atoms with E-state index in [0.29, 0.717) is 0 Å². The van der Waals surface area contributed by atoms with E-state index in [2.05, 4.69) is 52.8 Å². The normalized spacial score (nSPS) is 11.8. The van der Waals surface area contributed by atoms with Crippen molar-refractivity contribution in [1.29, 1.82) is 0 Å². The van der Waals surface area contributed by atoms with Crippen molar-refractivity contribution in [2.45, 2.75) is 52.9 Å². The molecule has 0 aliphatic carbocycles. The molecule has 0 unspecified atom stereocenters. The molecule has 14 heavy (non-hydrogen) atoms. The second kappa shape index (κ2) is 4.16. The Bertz CT molecular complexity index is 302. The van der Waals surface area contributed by atoms with Crippen molar-refractivity contribution in [2.75, 3.05) is 0 Å². The monoisotopic (exact) mass is 190 g/mol. The lowest BCUT2D eigenvalue weighted by Gasteiger charge is -2.20. The number of hydrogen-bond donors (Lipinski definition) is 0. The highest BCUT2D eigenvalue weighted by Gasteiger charge is 2.13. The lowest BCUT2D eigenvalue weighted by Crippen LogP contribution is -2.11. The zero-order valence-corrected chi connectivity index (χ0v) is 10.1. The maximum atomic E-state index is 2.34. The van der Waals surface area contributed by atoms with Gasteiger partial charge in [-0.25, -0.2) is 0 Å². The molecule has 0 bridgehead atoms. The number of benzene rings is 1. The second-order valence-electron chi connectivity index (χ2n) is 5.14. The first kappa shape index (κ1) is 11.3. The van der Waals surface area contributed by atoms with Crippen LogP contribution in [0.5, 0.6) is 0 Å². The Labute approximate surface area is 88.4 Å². The summed E-state index contributed by atoms with van der Waals surface area (Å²) in [6.45, 7) is 11.3. The first-order chi connectivity index (χ1) is 6.45. The third-order valence-electron chi connectivity index (χ3n) is 2.73. The average Bonchev–Trinajstić information content (AvgIpc) is 2.07. The van der Waals surface area contributed by atoms with Crippen LogP contribution >= 0.6 is 0 Å². The van der Waals surface area contributed by atoms with E-state index in [4.69, 9.17) is 0 Å². The fourth-order valence-electron chi connectivity index (χ4n) is 1.71. The molecule has 0 nitrogen and oxygen atoms in total. The third kappa shape index (κ3) is 2.60. The van der Waals surface area contributed by atoms with Crippen molar-refractivity contribution in [3.63, 3.8) is 0 Å².